The zero-order valence-electron chi connectivity index (χ0n) is 9.17. The van der Waals surface area contributed by atoms with Crippen LogP contribution in [0.25, 0.3) is 0 Å². The van der Waals surface area contributed by atoms with Crippen LogP contribution in [-0.2, 0) is 19.1 Å². The number of hydrogen-bond donors (Lipinski definition) is 0. The first-order valence-corrected chi connectivity index (χ1v) is 4.77. The van der Waals surface area contributed by atoms with E-state index in [1.54, 1.807) is 6.92 Å². The molecule has 0 aliphatic rings. The van der Waals surface area contributed by atoms with Gasteiger partial charge in [-0.15, -0.1) is 0 Å². The predicted molar refractivity (Wildman–Crippen MR) is 55.3 cm³/mol. The average Bonchev–Trinajstić information content (AvgIpc) is 2.10. The molecule has 0 atom stereocenters. The van der Waals surface area contributed by atoms with E-state index in [9.17, 15) is 14.4 Å². The first-order valence-electron chi connectivity index (χ1n) is 4.77. The first-order chi connectivity index (χ1) is 6.93. The zero-order valence-corrected chi connectivity index (χ0v) is 9.17. The lowest BCUT2D eigenvalue weighted by molar-refractivity contribution is -0.146. The molecule has 0 bridgehead atoms. The highest BCUT2D eigenvalue weighted by atomic mass is 16.5. The number of hydrogen-bond acceptors (Lipinski definition) is 4. The van der Waals surface area contributed by atoms with Gasteiger partial charge in [0.05, 0.1) is 6.61 Å². The van der Waals surface area contributed by atoms with E-state index in [-0.39, 0.29) is 24.6 Å². The van der Waals surface area contributed by atoms with Crippen molar-refractivity contribution in [2.75, 3.05) is 6.61 Å². The molecule has 0 rings (SSSR count). The van der Waals surface area contributed by atoms with Crippen LogP contribution in [0.5, 0.6) is 0 Å². The van der Waals surface area contributed by atoms with E-state index in [1.807, 2.05) is 0 Å². The van der Waals surface area contributed by atoms with Crippen molar-refractivity contribution in [2.24, 2.45) is 0 Å². The quantitative estimate of drug-likeness (QED) is 0.277. The molecule has 0 aliphatic carbocycles. The minimum Gasteiger partial charge on any atom is -0.465 e. The van der Waals surface area contributed by atoms with Crippen molar-refractivity contribution in [3.63, 3.8) is 0 Å². The first kappa shape index (κ1) is 13.5. The number of esters is 1. The van der Waals surface area contributed by atoms with Gasteiger partial charge in [0.1, 0.15) is 12.2 Å². The minimum atomic E-state index is -0.537. The van der Waals surface area contributed by atoms with Crippen LogP contribution in [0.4, 0.5) is 0 Å². The molecule has 0 radical (unpaired) electrons. The van der Waals surface area contributed by atoms with E-state index in [0.717, 1.165) is 0 Å². The van der Waals surface area contributed by atoms with Gasteiger partial charge in [-0.2, -0.15) is 0 Å². The Morgan fingerprint density at radius 1 is 1.20 bits per heavy atom. The second kappa shape index (κ2) is 6.92. The molecule has 84 valence electrons. The Morgan fingerprint density at radius 2 is 1.80 bits per heavy atom. The summed E-state index contributed by atoms with van der Waals surface area (Å²) in [6, 6.07) is 0. The van der Waals surface area contributed by atoms with Gasteiger partial charge in [0.15, 0.2) is 5.78 Å². The predicted octanol–water partition coefficient (Wildman–Crippen LogP) is 1.43. The Kier molecular flexibility index (Phi) is 6.25. The Bertz CT molecular complexity index is 278. The SMILES string of the molecule is C=C(C)C(=O)CCCOC(=O)CC(C)=O. The molecule has 4 heteroatoms. The third-order valence-electron chi connectivity index (χ3n) is 1.68. The highest BCUT2D eigenvalue weighted by Gasteiger charge is 2.07. The number of Topliss-reactive ketones (excluding diaryl/α,β-unsaturated/α-hetero) is 2. The monoisotopic (exact) mass is 212 g/mol. The fourth-order valence-electron chi connectivity index (χ4n) is 0.886. The Labute approximate surface area is 89.3 Å². The van der Waals surface area contributed by atoms with Crippen LogP contribution in [0.15, 0.2) is 12.2 Å². The maximum Gasteiger partial charge on any atom is 0.313 e. The molecule has 0 amide bonds. The lowest BCUT2D eigenvalue weighted by Gasteiger charge is -2.02. The molecule has 0 saturated heterocycles. The summed E-state index contributed by atoms with van der Waals surface area (Å²) < 4.78 is 4.74. The van der Waals surface area contributed by atoms with Gasteiger partial charge in [-0.3, -0.25) is 14.4 Å². The van der Waals surface area contributed by atoms with Crippen molar-refractivity contribution in [3.05, 3.63) is 12.2 Å². The van der Waals surface area contributed by atoms with Crippen LogP contribution in [-0.4, -0.2) is 24.1 Å². The van der Waals surface area contributed by atoms with Crippen LogP contribution < -0.4 is 0 Å². The Hall–Kier alpha value is -1.45. The standard InChI is InChI=1S/C11H16O4/c1-8(2)10(13)5-4-6-15-11(14)7-9(3)12/h1,4-7H2,2-3H3. The Morgan fingerprint density at radius 3 is 2.27 bits per heavy atom. The van der Waals surface area contributed by atoms with Gasteiger partial charge in [0.25, 0.3) is 0 Å². The van der Waals surface area contributed by atoms with Crippen LogP contribution in [0.3, 0.4) is 0 Å². The molecule has 0 aromatic rings. The molecule has 0 fully saturated rings. The summed E-state index contributed by atoms with van der Waals surface area (Å²) in [4.78, 5) is 32.5. The summed E-state index contributed by atoms with van der Waals surface area (Å²) in [5, 5.41) is 0. The second-order valence-corrected chi connectivity index (χ2v) is 3.41. The Balaban J connectivity index is 3.55. The molecular weight excluding hydrogens is 196 g/mol. The minimum absolute atomic E-state index is 0.0300. The topological polar surface area (TPSA) is 60.4 Å². The van der Waals surface area contributed by atoms with Gasteiger partial charge < -0.3 is 4.74 Å². The fourth-order valence-corrected chi connectivity index (χ4v) is 0.886. The number of allylic oxidation sites excluding steroid dienone is 1. The lowest BCUT2D eigenvalue weighted by atomic mass is 10.1. The molecule has 15 heavy (non-hydrogen) atoms. The highest BCUT2D eigenvalue weighted by Crippen LogP contribution is 2.00. The third-order valence-corrected chi connectivity index (χ3v) is 1.68. The summed E-state index contributed by atoms with van der Waals surface area (Å²) in [5.41, 5.74) is 0.505. The van der Waals surface area contributed by atoms with E-state index in [4.69, 9.17) is 4.74 Å². The van der Waals surface area contributed by atoms with Gasteiger partial charge in [0.2, 0.25) is 0 Å². The maximum absolute atomic E-state index is 11.1. The van der Waals surface area contributed by atoms with Crippen molar-refractivity contribution in [1.82, 2.24) is 0 Å². The fraction of sp³-hybridized carbons (Fsp3) is 0.545. The molecule has 4 nitrogen and oxygen atoms in total. The van der Waals surface area contributed by atoms with Crippen molar-refractivity contribution < 1.29 is 19.1 Å². The lowest BCUT2D eigenvalue weighted by Crippen LogP contribution is -2.10. The van der Waals surface area contributed by atoms with Crippen LogP contribution in [0.1, 0.15) is 33.1 Å². The van der Waals surface area contributed by atoms with Crippen LogP contribution in [0.2, 0.25) is 0 Å². The van der Waals surface area contributed by atoms with Gasteiger partial charge in [-0.25, -0.2) is 0 Å². The van der Waals surface area contributed by atoms with Crippen molar-refractivity contribution >= 4 is 17.5 Å². The van der Waals surface area contributed by atoms with E-state index >= 15 is 0 Å². The number of ether oxygens (including phenoxy) is 1. The summed E-state index contributed by atoms with van der Waals surface area (Å²) >= 11 is 0. The largest absolute Gasteiger partial charge is 0.465 e. The van der Waals surface area contributed by atoms with Gasteiger partial charge >= 0.3 is 5.97 Å². The van der Waals surface area contributed by atoms with Crippen molar-refractivity contribution in [2.45, 2.75) is 33.1 Å². The second-order valence-electron chi connectivity index (χ2n) is 3.41. The molecule has 0 unspecified atom stereocenters. The van der Waals surface area contributed by atoms with E-state index in [2.05, 4.69) is 6.58 Å². The maximum atomic E-state index is 11.1. The highest BCUT2D eigenvalue weighted by molar-refractivity contribution is 5.94. The van der Waals surface area contributed by atoms with Crippen molar-refractivity contribution in [1.29, 1.82) is 0 Å². The molecule has 0 N–H and O–H groups in total. The number of rotatable bonds is 7. The van der Waals surface area contributed by atoms with Crippen LogP contribution >= 0.6 is 0 Å². The molecule has 0 heterocycles. The summed E-state index contributed by atoms with van der Waals surface area (Å²) in [7, 11) is 0. The molecule has 0 saturated carbocycles. The molecule has 0 spiro atoms. The van der Waals surface area contributed by atoms with Gasteiger partial charge in [-0.1, -0.05) is 6.58 Å². The summed E-state index contributed by atoms with van der Waals surface area (Å²) in [6.07, 6.45) is 0.590. The molecular formula is C11H16O4. The molecule has 0 aromatic heterocycles. The third kappa shape index (κ3) is 7.61. The molecule has 0 aromatic carbocycles. The smallest absolute Gasteiger partial charge is 0.313 e. The summed E-state index contributed by atoms with van der Waals surface area (Å²) in [5.74, 6) is -0.791. The number of carbonyl (C=O) groups is 3. The van der Waals surface area contributed by atoms with Gasteiger partial charge in [-0.05, 0) is 25.8 Å². The molecule has 0 aliphatic heterocycles. The van der Waals surface area contributed by atoms with E-state index in [1.165, 1.54) is 6.92 Å². The zero-order chi connectivity index (χ0) is 11.8. The normalized spacial score (nSPS) is 9.47. The average molecular weight is 212 g/mol. The van der Waals surface area contributed by atoms with Gasteiger partial charge in [0, 0.05) is 6.42 Å². The van der Waals surface area contributed by atoms with Crippen molar-refractivity contribution in [3.8, 4) is 0 Å². The van der Waals surface area contributed by atoms with E-state index < -0.39 is 5.97 Å². The van der Waals surface area contributed by atoms with Crippen LogP contribution in [0, 0.1) is 0 Å². The number of carbonyl (C=O) groups excluding carboxylic acids is 3. The summed E-state index contributed by atoms with van der Waals surface area (Å²) in [6.45, 7) is 6.65. The van der Waals surface area contributed by atoms with E-state index in [0.29, 0.717) is 18.4 Å². The number of ketones is 2.